The Balaban J connectivity index is 1.56. The van der Waals surface area contributed by atoms with Gasteiger partial charge in [0, 0.05) is 16.3 Å². The minimum absolute atomic E-state index is 0.270. The number of nitrogens with zero attached hydrogens (tertiary/aromatic N) is 2. The SMILES string of the molecule is CC(C)c1cc([Si](C)(C)C)cc(C(C)C)c1-n1c(-c2cccc3c2oc2c(F)c(-c4ccccc4)ccc23)nc2ccccc21. The Kier molecular flexibility index (Phi) is 7.05. The zero-order chi connectivity index (χ0) is 31.6. The molecule has 45 heavy (non-hydrogen) atoms. The van der Waals surface area contributed by atoms with E-state index in [1.165, 1.54) is 22.0 Å². The smallest absolute Gasteiger partial charge is 0.174 e. The summed E-state index contributed by atoms with van der Waals surface area (Å²) in [5.74, 6) is 1.06. The maximum absolute atomic E-state index is 16.1. The van der Waals surface area contributed by atoms with E-state index < -0.39 is 8.07 Å². The van der Waals surface area contributed by atoms with Crippen LogP contribution in [0.15, 0.2) is 101 Å². The van der Waals surface area contributed by atoms with Gasteiger partial charge in [-0.25, -0.2) is 9.37 Å². The van der Waals surface area contributed by atoms with Crippen molar-refractivity contribution >= 4 is 46.2 Å². The van der Waals surface area contributed by atoms with E-state index >= 15 is 4.39 Å². The molecule has 0 bridgehead atoms. The summed E-state index contributed by atoms with van der Waals surface area (Å²) in [4.78, 5) is 5.26. The van der Waals surface area contributed by atoms with Crippen LogP contribution in [0.25, 0.3) is 61.2 Å². The fourth-order valence-corrected chi connectivity index (χ4v) is 7.71. The van der Waals surface area contributed by atoms with E-state index in [0.29, 0.717) is 23.0 Å². The zero-order valence-corrected chi connectivity index (χ0v) is 28.1. The highest BCUT2D eigenvalue weighted by Crippen LogP contribution is 2.42. The van der Waals surface area contributed by atoms with Crippen LogP contribution in [0.5, 0.6) is 0 Å². The second-order valence-corrected chi connectivity index (χ2v) is 18.9. The van der Waals surface area contributed by atoms with Crippen molar-refractivity contribution in [2.75, 3.05) is 0 Å². The average molecular weight is 611 g/mol. The van der Waals surface area contributed by atoms with Crippen LogP contribution < -0.4 is 5.19 Å². The van der Waals surface area contributed by atoms with Crippen molar-refractivity contribution in [1.29, 1.82) is 0 Å². The third kappa shape index (κ3) is 4.81. The Hall–Kier alpha value is -4.48. The lowest BCUT2D eigenvalue weighted by Gasteiger charge is -2.27. The normalized spacial score (nSPS) is 12.4. The molecule has 0 unspecified atom stereocenters. The Morgan fingerprint density at radius 1 is 0.689 bits per heavy atom. The summed E-state index contributed by atoms with van der Waals surface area (Å²) in [5, 5.41) is 3.10. The molecular formula is C40H39FN2OSi. The highest BCUT2D eigenvalue weighted by atomic mass is 28.3. The molecule has 7 aromatic rings. The van der Waals surface area contributed by atoms with Gasteiger partial charge in [-0.3, -0.25) is 4.57 Å². The summed E-state index contributed by atoms with van der Waals surface area (Å²) in [6.07, 6.45) is 0. The molecule has 5 aromatic carbocycles. The molecule has 0 radical (unpaired) electrons. The van der Waals surface area contributed by atoms with E-state index in [1.807, 2.05) is 60.7 Å². The molecule has 7 rings (SSSR count). The number of aromatic nitrogens is 2. The standard InChI is InChI=1S/C40H39FN2OSi/c1-24(2)32-22-27(45(5,6)7)23-33(25(3)4)37(32)43-35-19-12-11-18-34(35)42-40(43)31-17-13-16-29-30-21-20-28(26-14-9-8-10-15-26)36(41)39(30)44-38(29)31/h8-25H,1-7H3. The largest absolute Gasteiger partial charge is 0.452 e. The molecule has 0 N–H and O–H groups in total. The molecular weight excluding hydrogens is 572 g/mol. The highest BCUT2D eigenvalue weighted by Gasteiger charge is 2.28. The van der Waals surface area contributed by atoms with E-state index in [4.69, 9.17) is 9.40 Å². The van der Waals surface area contributed by atoms with Gasteiger partial charge in [-0.15, -0.1) is 0 Å². The monoisotopic (exact) mass is 610 g/mol. The van der Waals surface area contributed by atoms with Gasteiger partial charge in [-0.2, -0.15) is 0 Å². The van der Waals surface area contributed by atoms with Crippen LogP contribution in [-0.2, 0) is 0 Å². The predicted octanol–water partition coefficient (Wildman–Crippen LogP) is 11.2. The molecule has 0 atom stereocenters. The topological polar surface area (TPSA) is 31.0 Å². The van der Waals surface area contributed by atoms with Gasteiger partial charge >= 0.3 is 0 Å². The highest BCUT2D eigenvalue weighted by molar-refractivity contribution is 6.88. The van der Waals surface area contributed by atoms with E-state index in [9.17, 15) is 0 Å². The molecule has 0 aliphatic heterocycles. The first-order valence-corrected chi connectivity index (χ1v) is 19.4. The minimum Gasteiger partial charge on any atom is -0.452 e. The van der Waals surface area contributed by atoms with Crippen molar-refractivity contribution in [3.63, 3.8) is 0 Å². The van der Waals surface area contributed by atoms with Gasteiger partial charge in [0.05, 0.1) is 30.4 Å². The van der Waals surface area contributed by atoms with Gasteiger partial charge in [0.15, 0.2) is 11.4 Å². The van der Waals surface area contributed by atoms with Crippen molar-refractivity contribution in [3.8, 4) is 28.2 Å². The number of furan rings is 1. The first kappa shape index (κ1) is 29.2. The van der Waals surface area contributed by atoms with Gasteiger partial charge in [-0.05, 0) is 52.8 Å². The number of halogens is 1. The van der Waals surface area contributed by atoms with Gasteiger partial charge in [0.25, 0.3) is 0 Å². The predicted molar refractivity (Wildman–Crippen MR) is 190 cm³/mol. The minimum atomic E-state index is -1.59. The van der Waals surface area contributed by atoms with Crippen molar-refractivity contribution in [2.24, 2.45) is 0 Å². The number of imidazole rings is 1. The van der Waals surface area contributed by atoms with Crippen LogP contribution >= 0.6 is 0 Å². The lowest BCUT2D eigenvalue weighted by molar-refractivity contribution is 0.587. The van der Waals surface area contributed by atoms with Gasteiger partial charge in [-0.1, -0.05) is 125 Å². The zero-order valence-electron chi connectivity index (χ0n) is 27.1. The molecule has 2 heterocycles. The second kappa shape index (κ2) is 10.8. The molecule has 0 saturated heterocycles. The number of para-hydroxylation sites is 3. The first-order valence-electron chi connectivity index (χ1n) is 15.9. The first-order chi connectivity index (χ1) is 21.5. The maximum Gasteiger partial charge on any atom is 0.174 e. The summed E-state index contributed by atoms with van der Waals surface area (Å²) in [5.41, 5.74) is 8.90. The second-order valence-electron chi connectivity index (χ2n) is 13.8. The summed E-state index contributed by atoms with van der Waals surface area (Å²) in [7, 11) is -1.59. The fourth-order valence-electron chi connectivity index (χ4n) is 6.53. The van der Waals surface area contributed by atoms with E-state index in [2.05, 4.69) is 88.3 Å². The van der Waals surface area contributed by atoms with Crippen LogP contribution in [-0.4, -0.2) is 17.6 Å². The Labute approximate surface area is 265 Å². The molecule has 3 nitrogen and oxygen atoms in total. The number of hydrogen-bond donors (Lipinski definition) is 0. The molecule has 0 amide bonds. The molecule has 0 fully saturated rings. The fraction of sp³-hybridized carbons (Fsp3) is 0.225. The lowest BCUT2D eigenvalue weighted by Crippen LogP contribution is -2.38. The Morgan fingerprint density at radius 3 is 2.00 bits per heavy atom. The van der Waals surface area contributed by atoms with E-state index in [-0.39, 0.29) is 11.4 Å². The van der Waals surface area contributed by atoms with Crippen LogP contribution in [0, 0.1) is 5.82 Å². The van der Waals surface area contributed by atoms with Crippen LogP contribution in [0.3, 0.4) is 0 Å². The van der Waals surface area contributed by atoms with Crippen LogP contribution in [0.4, 0.5) is 4.39 Å². The third-order valence-corrected chi connectivity index (χ3v) is 11.0. The lowest BCUT2D eigenvalue weighted by atomic mass is 9.92. The van der Waals surface area contributed by atoms with Crippen molar-refractivity contribution in [1.82, 2.24) is 9.55 Å². The van der Waals surface area contributed by atoms with E-state index in [0.717, 1.165) is 38.8 Å². The molecule has 0 saturated carbocycles. The van der Waals surface area contributed by atoms with Crippen molar-refractivity contribution < 1.29 is 8.81 Å². The van der Waals surface area contributed by atoms with Gasteiger partial charge < -0.3 is 4.42 Å². The quantitative estimate of drug-likeness (QED) is 0.175. The van der Waals surface area contributed by atoms with Crippen molar-refractivity contribution in [3.05, 3.63) is 114 Å². The molecule has 0 aliphatic carbocycles. The summed E-state index contributed by atoms with van der Waals surface area (Å²) in [6.45, 7) is 16.4. The average Bonchev–Trinajstić information content (AvgIpc) is 3.60. The molecule has 2 aromatic heterocycles. The molecule has 226 valence electrons. The molecule has 0 spiro atoms. The maximum atomic E-state index is 16.1. The summed E-state index contributed by atoms with van der Waals surface area (Å²) < 4.78 is 25.0. The van der Waals surface area contributed by atoms with E-state index in [1.54, 1.807) is 0 Å². The number of hydrogen-bond acceptors (Lipinski definition) is 2. The van der Waals surface area contributed by atoms with Gasteiger partial charge in [0.2, 0.25) is 0 Å². The summed E-state index contributed by atoms with van der Waals surface area (Å²) in [6, 6.07) is 32.8. The molecule has 5 heteroatoms. The number of benzene rings is 5. The molecule has 0 aliphatic rings. The third-order valence-electron chi connectivity index (χ3n) is 9.00. The van der Waals surface area contributed by atoms with Crippen LogP contribution in [0.1, 0.15) is 50.7 Å². The van der Waals surface area contributed by atoms with Crippen LogP contribution in [0.2, 0.25) is 19.6 Å². The Bertz CT molecular complexity index is 2190. The van der Waals surface area contributed by atoms with Gasteiger partial charge in [0.1, 0.15) is 11.4 Å². The summed E-state index contributed by atoms with van der Waals surface area (Å²) >= 11 is 0. The number of fused-ring (bicyclic) bond motifs is 4. The Morgan fingerprint density at radius 2 is 1.33 bits per heavy atom. The van der Waals surface area contributed by atoms with Crippen molar-refractivity contribution in [2.45, 2.75) is 59.2 Å². The number of rotatable bonds is 6.